The lowest BCUT2D eigenvalue weighted by Gasteiger charge is -2.43. The molecule has 176 valence electrons. The standard InChI is InChI=1S/C27H27FN2O4/c1-3-4-6-9-18(2)24-21-12-11-20(28)16-23(21)34-15-8-5-7-10-19-17-30(24)29-14-13-22(31)27(33)25(29)26(19)32/h3-6,8-9,11-14,16,19,24,33H,2,7,10,15,17H2,1H3/b4-3-,8-5+,9-6-/t19?,24-/m1/s1. The van der Waals surface area contributed by atoms with Gasteiger partial charge in [0.15, 0.2) is 17.2 Å². The van der Waals surface area contributed by atoms with Crippen LogP contribution < -0.4 is 15.2 Å². The third-order valence-electron chi connectivity index (χ3n) is 6.06. The van der Waals surface area contributed by atoms with Crippen LogP contribution in [-0.4, -0.2) is 28.7 Å². The van der Waals surface area contributed by atoms with E-state index in [9.17, 15) is 19.1 Å². The molecule has 0 amide bonds. The monoisotopic (exact) mass is 462 g/mol. The van der Waals surface area contributed by atoms with E-state index in [1.807, 2.05) is 48.4 Å². The Kier molecular flexibility index (Phi) is 6.82. The van der Waals surface area contributed by atoms with Crippen LogP contribution in [-0.2, 0) is 0 Å². The highest BCUT2D eigenvalue weighted by atomic mass is 19.1. The van der Waals surface area contributed by atoms with E-state index in [2.05, 4.69) is 6.58 Å². The van der Waals surface area contributed by atoms with Gasteiger partial charge in [0.05, 0.1) is 6.04 Å². The predicted octanol–water partition coefficient (Wildman–Crippen LogP) is 4.60. The third kappa shape index (κ3) is 4.46. The smallest absolute Gasteiger partial charge is 0.224 e. The fraction of sp³-hybridized carbons (Fsp3) is 0.259. The minimum atomic E-state index is -0.615. The molecule has 0 radical (unpaired) electrons. The van der Waals surface area contributed by atoms with Crippen LogP contribution in [0.3, 0.4) is 0 Å². The average molecular weight is 463 g/mol. The van der Waals surface area contributed by atoms with Gasteiger partial charge in [0.1, 0.15) is 18.2 Å². The van der Waals surface area contributed by atoms with Gasteiger partial charge < -0.3 is 9.84 Å². The summed E-state index contributed by atoms with van der Waals surface area (Å²) in [4.78, 5) is 25.5. The number of nitrogens with zero attached hydrogens (tertiary/aromatic N) is 2. The summed E-state index contributed by atoms with van der Waals surface area (Å²) in [6, 6.07) is 5.00. The molecule has 0 saturated carbocycles. The number of Topliss-reactive ketones (excluding diaryl/α,β-unsaturated/α-hetero) is 1. The molecule has 6 nitrogen and oxygen atoms in total. The first-order valence-electron chi connectivity index (χ1n) is 11.2. The van der Waals surface area contributed by atoms with E-state index in [0.29, 0.717) is 36.3 Å². The van der Waals surface area contributed by atoms with Crippen LogP contribution in [0.2, 0.25) is 0 Å². The molecule has 2 aromatic rings. The molecule has 0 saturated heterocycles. The van der Waals surface area contributed by atoms with E-state index in [1.54, 1.807) is 6.07 Å². The number of carbonyl (C=O) groups excluding carboxylic acids is 1. The SMILES string of the molecule is C=C(/C=C\C=C/C)[C@@H]1c2ccc(F)cc2OC/C=C/CCC2CN1n1ccc(=O)c(O)c1C2=O. The predicted molar refractivity (Wildman–Crippen MR) is 129 cm³/mol. The molecular formula is C27H27FN2O4. The van der Waals surface area contributed by atoms with Gasteiger partial charge in [-0.05, 0) is 37.5 Å². The van der Waals surface area contributed by atoms with Crippen molar-refractivity contribution in [2.24, 2.45) is 5.92 Å². The number of ether oxygens (including phenoxy) is 1. The molecule has 0 aliphatic carbocycles. The van der Waals surface area contributed by atoms with Gasteiger partial charge >= 0.3 is 0 Å². The Morgan fingerprint density at radius 1 is 1.24 bits per heavy atom. The van der Waals surface area contributed by atoms with E-state index in [1.165, 1.54) is 29.1 Å². The summed E-state index contributed by atoms with van der Waals surface area (Å²) >= 11 is 0. The Labute approximate surface area is 197 Å². The number of carbonyl (C=O) groups is 1. The average Bonchev–Trinajstić information content (AvgIpc) is 2.81. The Morgan fingerprint density at radius 3 is 2.85 bits per heavy atom. The highest BCUT2D eigenvalue weighted by Gasteiger charge is 2.38. The second-order valence-electron chi connectivity index (χ2n) is 8.31. The van der Waals surface area contributed by atoms with Crippen molar-refractivity contribution < 1.29 is 19.0 Å². The minimum absolute atomic E-state index is 0.0513. The van der Waals surface area contributed by atoms with Gasteiger partial charge in [0.2, 0.25) is 5.43 Å². The number of hydrogen-bond donors (Lipinski definition) is 1. The molecular weight excluding hydrogens is 435 g/mol. The first kappa shape index (κ1) is 23.3. The van der Waals surface area contributed by atoms with Crippen LogP contribution in [0.25, 0.3) is 0 Å². The van der Waals surface area contributed by atoms with E-state index < -0.39 is 29.0 Å². The fourth-order valence-corrected chi connectivity index (χ4v) is 4.42. The maximum atomic E-state index is 14.2. The van der Waals surface area contributed by atoms with Gasteiger partial charge in [-0.25, -0.2) is 4.39 Å². The van der Waals surface area contributed by atoms with Crippen LogP contribution >= 0.6 is 0 Å². The number of pyridine rings is 1. The number of ketones is 1. The summed E-state index contributed by atoms with van der Waals surface area (Å²) in [6.45, 7) is 6.75. The number of halogens is 1. The maximum absolute atomic E-state index is 14.2. The maximum Gasteiger partial charge on any atom is 0.224 e. The molecule has 1 aromatic carbocycles. The van der Waals surface area contributed by atoms with Gasteiger partial charge in [-0.2, -0.15) is 0 Å². The lowest BCUT2D eigenvalue weighted by atomic mass is 9.90. The lowest BCUT2D eigenvalue weighted by Crippen LogP contribution is -2.50. The first-order chi connectivity index (χ1) is 16.4. The summed E-state index contributed by atoms with van der Waals surface area (Å²) in [7, 11) is 0. The summed E-state index contributed by atoms with van der Waals surface area (Å²) in [5.41, 5.74) is 0.655. The van der Waals surface area contributed by atoms with Crippen molar-refractivity contribution in [1.82, 2.24) is 4.68 Å². The number of aromatic nitrogens is 1. The molecule has 2 bridgehead atoms. The molecule has 3 heterocycles. The van der Waals surface area contributed by atoms with Crippen molar-refractivity contribution in [2.75, 3.05) is 18.2 Å². The normalized spacial score (nSPS) is 21.4. The molecule has 2 atom stereocenters. The lowest BCUT2D eigenvalue weighted by molar-refractivity contribution is 0.0872. The zero-order valence-electron chi connectivity index (χ0n) is 19.0. The van der Waals surface area contributed by atoms with Crippen molar-refractivity contribution in [3.63, 3.8) is 0 Å². The Hall–Kier alpha value is -3.87. The van der Waals surface area contributed by atoms with Gasteiger partial charge in [-0.3, -0.25) is 19.3 Å². The molecule has 0 spiro atoms. The zero-order valence-corrected chi connectivity index (χ0v) is 19.0. The molecule has 1 N–H and O–H groups in total. The quantitative estimate of drug-likeness (QED) is 0.533. The second-order valence-corrected chi connectivity index (χ2v) is 8.31. The summed E-state index contributed by atoms with van der Waals surface area (Å²) < 4.78 is 21.6. The van der Waals surface area contributed by atoms with E-state index in [0.717, 1.165) is 0 Å². The highest BCUT2D eigenvalue weighted by molar-refractivity contribution is 6.00. The number of benzene rings is 1. The van der Waals surface area contributed by atoms with Gasteiger partial charge in [0, 0.05) is 36.4 Å². The van der Waals surface area contributed by atoms with E-state index in [4.69, 9.17) is 4.74 Å². The van der Waals surface area contributed by atoms with E-state index >= 15 is 0 Å². The van der Waals surface area contributed by atoms with Crippen LogP contribution in [0.1, 0.15) is 41.9 Å². The Morgan fingerprint density at radius 2 is 2.06 bits per heavy atom. The van der Waals surface area contributed by atoms with Crippen molar-refractivity contribution in [1.29, 1.82) is 0 Å². The van der Waals surface area contributed by atoms with Gasteiger partial charge in [0.25, 0.3) is 0 Å². The molecule has 1 aromatic heterocycles. The molecule has 0 fully saturated rings. The van der Waals surface area contributed by atoms with Gasteiger partial charge in [-0.15, -0.1) is 0 Å². The molecule has 2 aliphatic rings. The second kappa shape index (κ2) is 9.95. The number of allylic oxidation sites excluding steroid dienone is 4. The number of rotatable bonds is 3. The van der Waals surface area contributed by atoms with Crippen LogP contribution in [0, 0.1) is 11.7 Å². The first-order valence-corrected chi connectivity index (χ1v) is 11.2. The zero-order chi connectivity index (χ0) is 24.2. The van der Waals surface area contributed by atoms with E-state index in [-0.39, 0.29) is 18.1 Å². The van der Waals surface area contributed by atoms with Crippen molar-refractivity contribution in [3.8, 4) is 11.5 Å². The topological polar surface area (TPSA) is 71.8 Å². The third-order valence-corrected chi connectivity index (χ3v) is 6.06. The van der Waals surface area contributed by atoms with Crippen LogP contribution in [0.15, 0.2) is 83.9 Å². The minimum Gasteiger partial charge on any atom is -0.503 e. The summed E-state index contributed by atoms with van der Waals surface area (Å²) in [5.74, 6) is -1.37. The molecule has 7 heteroatoms. The van der Waals surface area contributed by atoms with Crippen LogP contribution in [0.4, 0.5) is 4.39 Å². The molecule has 1 unspecified atom stereocenters. The molecule has 4 rings (SSSR count). The largest absolute Gasteiger partial charge is 0.503 e. The fourth-order valence-electron chi connectivity index (χ4n) is 4.42. The Balaban J connectivity index is 1.97. The Bertz CT molecular complexity index is 1260. The molecule has 2 aliphatic heterocycles. The number of fused-ring (bicyclic) bond motifs is 5. The number of aromatic hydroxyl groups is 1. The summed E-state index contributed by atoms with van der Waals surface area (Å²) in [6.07, 6.45) is 13.8. The van der Waals surface area contributed by atoms with Gasteiger partial charge in [-0.1, -0.05) is 43.0 Å². The number of hydrogen-bond acceptors (Lipinski definition) is 5. The summed E-state index contributed by atoms with van der Waals surface area (Å²) in [5, 5.41) is 12.5. The van der Waals surface area contributed by atoms with Crippen molar-refractivity contribution in [2.45, 2.75) is 25.8 Å². The highest BCUT2D eigenvalue weighted by Crippen LogP contribution is 2.38. The molecule has 34 heavy (non-hydrogen) atoms. The van der Waals surface area contributed by atoms with Crippen molar-refractivity contribution >= 4 is 5.78 Å². The van der Waals surface area contributed by atoms with Crippen LogP contribution in [0.5, 0.6) is 11.5 Å². The van der Waals surface area contributed by atoms with Crippen molar-refractivity contribution in [3.05, 3.63) is 106 Å².